The lowest BCUT2D eigenvalue weighted by atomic mass is 10.3. The van der Waals surface area contributed by atoms with E-state index >= 15 is 0 Å². The van der Waals surface area contributed by atoms with Crippen molar-refractivity contribution in [2.45, 2.75) is 12.5 Å². The molecule has 1 saturated heterocycles. The van der Waals surface area contributed by atoms with Crippen LogP contribution >= 0.6 is 0 Å². The Labute approximate surface area is 86.7 Å². The van der Waals surface area contributed by atoms with Gasteiger partial charge in [-0.15, -0.1) is 10.2 Å². The van der Waals surface area contributed by atoms with E-state index in [1.54, 1.807) is 4.90 Å². The van der Waals surface area contributed by atoms with Crippen LogP contribution in [0.5, 0.6) is 0 Å². The molecule has 0 radical (unpaired) electrons. The van der Waals surface area contributed by atoms with E-state index in [2.05, 4.69) is 10.2 Å². The summed E-state index contributed by atoms with van der Waals surface area (Å²) in [5, 5.41) is 16.6. The number of anilines is 1. The summed E-state index contributed by atoms with van der Waals surface area (Å²) in [7, 11) is 0. The summed E-state index contributed by atoms with van der Waals surface area (Å²) in [6.45, 7) is 0.928. The lowest BCUT2D eigenvalue weighted by Gasteiger charge is -2.14. The second-order valence-electron chi connectivity index (χ2n) is 3.54. The number of β-amino-alcohol motifs (C(OH)–C–C–N with tert-alkyl or cyclic N) is 1. The Morgan fingerprint density at radius 2 is 2.33 bits per heavy atom. The number of aliphatic hydroxyl groups is 1. The molecule has 3 N–H and O–H groups in total. The first-order valence-electron chi connectivity index (χ1n) is 4.73. The van der Waals surface area contributed by atoms with E-state index in [0.29, 0.717) is 19.5 Å². The highest BCUT2D eigenvalue weighted by atomic mass is 16.3. The van der Waals surface area contributed by atoms with Crippen LogP contribution in [-0.2, 0) is 0 Å². The van der Waals surface area contributed by atoms with Crippen LogP contribution in [0.4, 0.5) is 5.82 Å². The molecule has 15 heavy (non-hydrogen) atoms. The largest absolute Gasteiger partial charge is 0.391 e. The maximum absolute atomic E-state index is 11.8. The molecular formula is C9H12N4O2. The predicted molar refractivity (Wildman–Crippen MR) is 53.0 cm³/mol. The number of hydrogen-bond donors (Lipinski definition) is 2. The number of amides is 1. The number of nitrogens with two attached hydrogens (primary N) is 1. The van der Waals surface area contributed by atoms with Crippen molar-refractivity contribution in [2.24, 2.45) is 0 Å². The Morgan fingerprint density at radius 1 is 1.53 bits per heavy atom. The number of aromatic nitrogens is 2. The van der Waals surface area contributed by atoms with E-state index in [4.69, 9.17) is 5.73 Å². The second kappa shape index (κ2) is 3.82. The van der Waals surface area contributed by atoms with E-state index in [9.17, 15) is 9.90 Å². The zero-order valence-electron chi connectivity index (χ0n) is 8.13. The van der Waals surface area contributed by atoms with E-state index in [1.807, 2.05) is 0 Å². The number of carbonyl (C=O) groups excluding carboxylic acids is 1. The van der Waals surface area contributed by atoms with Crippen molar-refractivity contribution in [3.8, 4) is 0 Å². The molecule has 80 valence electrons. The lowest BCUT2D eigenvalue weighted by molar-refractivity contribution is 0.0758. The number of hydrogen-bond acceptors (Lipinski definition) is 5. The summed E-state index contributed by atoms with van der Waals surface area (Å²) >= 11 is 0. The maximum atomic E-state index is 11.8. The highest BCUT2D eigenvalue weighted by molar-refractivity contribution is 5.92. The molecule has 1 aliphatic rings. The van der Waals surface area contributed by atoms with Crippen LogP contribution in [0.2, 0.25) is 0 Å². The molecule has 1 aromatic heterocycles. The van der Waals surface area contributed by atoms with Gasteiger partial charge in [-0.05, 0) is 18.6 Å². The Hall–Kier alpha value is -1.69. The SMILES string of the molecule is Nc1ccc(C(=O)N2CCC(O)C2)nn1. The molecule has 2 rings (SSSR count). The van der Waals surface area contributed by atoms with Crippen molar-refractivity contribution < 1.29 is 9.90 Å². The fourth-order valence-electron chi connectivity index (χ4n) is 1.54. The average Bonchev–Trinajstić information content (AvgIpc) is 2.65. The molecule has 0 aromatic carbocycles. The molecule has 0 saturated carbocycles. The van der Waals surface area contributed by atoms with Gasteiger partial charge in [-0.1, -0.05) is 0 Å². The summed E-state index contributed by atoms with van der Waals surface area (Å²) in [4.78, 5) is 13.3. The minimum Gasteiger partial charge on any atom is -0.391 e. The van der Waals surface area contributed by atoms with Gasteiger partial charge in [0.05, 0.1) is 6.10 Å². The first-order valence-corrected chi connectivity index (χ1v) is 4.73. The van der Waals surface area contributed by atoms with Gasteiger partial charge in [-0.3, -0.25) is 4.79 Å². The molecule has 1 amide bonds. The van der Waals surface area contributed by atoms with Gasteiger partial charge in [0.1, 0.15) is 5.82 Å². The first-order chi connectivity index (χ1) is 7.16. The summed E-state index contributed by atoms with van der Waals surface area (Å²) in [5.41, 5.74) is 5.63. The third kappa shape index (κ3) is 2.04. The monoisotopic (exact) mass is 208 g/mol. The molecule has 0 aliphatic carbocycles. The molecule has 6 nitrogen and oxygen atoms in total. The fraction of sp³-hybridized carbons (Fsp3) is 0.444. The van der Waals surface area contributed by atoms with Crippen molar-refractivity contribution >= 4 is 11.7 Å². The number of nitrogen functional groups attached to an aromatic ring is 1. The smallest absolute Gasteiger partial charge is 0.274 e. The van der Waals surface area contributed by atoms with Crippen molar-refractivity contribution in [3.63, 3.8) is 0 Å². The summed E-state index contributed by atoms with van der Waals surface area (Å²) < 4.78 is 0. The molecule has 1 fully saturated rings. The minimum absolute atomic E-state index is 0.209. The Kier molecular flexibility index (Phi) is 2.51. The average molecular weight is 208 g/mol. The first kappa shape index (κ1) is 9.85. The van der Waals surface area contributed by atoms with Crippen molar-refractivity contribution in [2.75, 3.05) is 18.8 Å². The van der Waals surface area contributed by atoms with E-state index in [1.165, 1.54) is 12.1 Å². The minimum atomic E-state index is -0.421. The van der Waals surface area contributed by atoms with Crippen LogP contribution in [0.3, 0.4) is 0 Å². The lowest BCUT2D eigenvalue weighted by Crippen LogP contribution is -2.30. The van der Waals surface area contributed by atoms with E-state index < -0.39 is 6.10 Å². The summed E-state index contributed by atoms with van der Waals surface area (Å²) in [6.07, 6.45) is 0.199. The quantitative estimate of drug-likeness (QED) is 0.634. The Balaban J connectivity index is 2.11. The molecule has 1 aliphatic heterocycles. The van der Waals surface area contributed by atoms with Crippen LogP contribution in [0.1, 0.15) is 16.9 Å². The highest BCUT2D eigenvalue weighted by Gasteiger charge is 2.26. The summed E-state index contributed by atoms with van der Waals surface area (Å²) in [5.74, 6) is 0.0760. The number of nitrogens with zero attached hydrogens (tertiary/aromatic N) is 3. The predicted octanol–water partition coefficient (Wildman–Crippen LogP) is -0.734. The van der Waals surface area contributed by atoms with Gasteiger partial charge >= 0.3 is 0 Å². The number of rotatable bonds is 1. The maximum Gasteiger partial charge on any atom is 0.274 e. The third-order valence-electron chi connectivity index (χ3n) is 2.35. The number of carbonyl (C=O) groups is 1. The second-order valence-corrected chi connectivity index (χ2v) is 3.54. The zero-order chi connectivity index (χ0) is 10.8. The number of likely N-dealkylation sites (tertiary alicyclic amines) is 1. The standard InChI is InChI=1S/C9H12N4O2/c10-8-2-1-7(11-12-8)9(15)13-4-3-6(14)5-13/h1-2,6,14H,3-5H2,(H2,10,12). The number of aliphatic hydroxyl groups excluding tert-OH is 1. The van der Waals surface area contributed by atoms with Crippen LogP contribution in [0.25, 0.3) is 0 Å². The van der Waals surface area contributed by atoms with Crippen LogP contribution in [0.15, 0.2) is 12.1 Å². The van der Waals surface area contributed by atoms with Crippen LogP contribution < -0.4 is 5.73 Å². The van der Waals surface area contributed by atoms with E-state index in [-0.39, 0.29) is 17.4 Å². The van der Waals surface area contributed by atoms with Crippen LogP contribution in [-0.4, -0.2) is 45.3 Å². The Morgan fingerprint density at radius 3 is 2.87 bits per heavy atom. The van der Waals surface area contributed by atoms with Crippen molar-refractivity contribution in [1.29, 1.82) is 0 Å². The topological polar surface area (TPSA) is 92.3 Å². The molecular weight excluding hydrogens is 196 g/mol. The van der Waals surface area contributed by atoms with Crippen molar-refractivity contribution in [3.05, 3.63) is 17.8 Å². The molecule has 0 bridgehead atoms. The van der Waals surface area contributed by atoms with Gasteiger partial charge in [0, 0.05) is 13.1 Å². The van der Waals surface area contributed by atoms with Gasteiger partial charge in [0.25, 0.3) is 5.91 Å². The fourth-order valence-corrected chi connectivity index (χ4v) is 1.54. The molecule has 6 heteroatoms. The van der Waals surface area contributed by atoms with Gasteiger partial charge < -0.3 is 15.7 Å². The molecule has 1 aromatic rings. The highest BCUT2D eigenvalue weighted by Crippen LogP contribution is 2.12. The van der Waals surface area contributed by atoms with Gasteiger partial charge in [-0.25, -0.2) is 0 Å². The van der Waals surface area contributed by atoms with Gasteiger partial charge in [0.2, 0.25) is 0 Å². The molecule has 1 unspecified atom stereocenters. The third-order valence-corrected chi connectivity index (χ3v) is 2.35. The van der Waals surface area contributed by atoms with Crippen molar-refractivity contribution in [1.82, 2.24) is 15.1 Å². The van der Waals surface area contributed by atoms with Gasteiger partial charge in [0.15, 0.2) is 5.69 Å². The normalized spacial score (nSPS) is 20.6. The van der Waals surface area contributed by atoms with E-state index in [0.717, 1.165) is 0 Å². The Bertz CT molecular complexity index is 365. The molecule has 1 atom stereocenters. The van der Waals surface area contributed by atoms with Crippen LogP contribution in [0, 0.1) is 0 Å². The van der Waals surface area contributed by atoms with Gasteiger partial charge in [-0.2, -0.15) is 0 Å². The summed E-state index contributed by atoms with van der Waals surface area (Å²) in [6, 6.07) is 3.07. The molecule has 2 heterocycles. The molecule has 0 spiro atoms. The zero-order valence-corrected chi connectivity index (χ0v) is 8.13.